The van der Waals surface area contributed by atoms with Gasteiger partial charge in [-0.05, 0) is 24.5 Å². The van der Waals surface area contributed by atoms with Crippen LogP contribution in [0.3, 0.4) is 0 Å². The van der Waals surface area contributed by atoms with E-state index in [9.17, 15) is 4.79 Å². The Kier molecular flexibility index (Phi) is 5.49. The summed E-state index contributed by atoms with van der Waals surface area (Å²) in [6.07, 6.45) is 1.55. The van der Waals surface area contributed by atoms with E-state index >= 15 is 0 Å². The van der Waals surface area contributed by atoms with E-state index in [0.29, 0.717) is 13.2 Å². The van der Waals surface area contributed by atoms with Gasteiger partial charge in [-0.1, -0.05) is 48.5 Å². The molecule has 4 nitrogen and oxygen atoms in total. The van der Waals surface area contributed by atoms with E-state index in [1.54, 1.807) is 7.11 Å². The Labute approximate surface area is 142 Å². The van der Waals surface area contributed by atoms with Crippen LogP contribution < -0.4 is 10.1 Å². The largest absolute Gasteiger partial charge is 0.496 e. The van der Waals surface area contributed by atoms with Crippen LogP contribution in [-0.2, 0) is 9.53 Å². The van der Waals surface area contributed by atoms with Gasteiger partial charge in [0.2, 0.25) is 5.91 Å². The zero-order valence-electron chi connectivity index (χ0n) is 13.9. The minimum absolute atomic E-state index is 0.0136. The number of rotatable bonds is 5. The van der Waals surface area contributed by atoms with E-state index in [4.69, 9.17) is 9.47 Å². The first-order chi connectivity index (χ1) is 11.8. The van der Waals surface area contributed by atoms with Gasteiger partial charge in [-0.25, -0.2) is 0 Å². The molecule has 1 atom stereocenters. The Hall–Kier alpha value is -2.33. The quantitative estimate of drug-likeness (QED) is 0.917. The van der Waals surface area contributed by atoms with Gasteiger partial charge in [0, 0.05) is 24.7 Å². The summed E-state index contributed by atoms with van der Waals surface area (Å²) in [6.45, 7) is 1.31. The van der Waals surface area contributed by atoms with Crippen LogP contribution in [0.25, 0.3) is 0 Å². The fourth-order valence-electron chi connectivity index (χ4n) is 3.11. The van der Waals surface area contributed by atoms with Gasteiger partial charge >= 0.3 is 0 Å². The van der Waals surface area contributed by atoms with Crippen LogP contribution in [0.1, 0.15) is 30.0 Å². The van der Waals surface area contributed by atoms with Crippen molar-refractivity contribution in [2.45, 2.75) is 18.9 Å². The molecule has 0 saturated carbocycles. The van der Waals surface area contributed by atoms with Crippen molar-refractivity contribution in [2.75, 3.05) is 20.3 Å². The lowest BCUT2D eigenvalue weighted by atomic mass is 9.94. The number of benzene rings is 2. The Morgan fingerprint density at radius 2 is 1.75 bits per heavy atom. The molecule has 1 saturated heterocycles. The van der Waals surface area contributed by atoms with Gasteiger partial charge < -0.3 is 14.8 Å². The molecule has 1 N–H and O–H groups in total. The number of para-hydroxylation sites is 1. The average molecular weight is 325 g/mol. The fourth-order valence-corrected chi connectivity index (χ4v) is 3.11. The predicted molar refractivity (Wildman–Crippen MR) is 93.0 cm³/mol. The molecule has 0 radical (unpaired) electrons. The molecule has 3 rings (SSSR count). The van der Waals surface area contributed by atoms with E-state index in [0.717, 1.165) is 29.7 Å². The van der Waals surface area contributed by atoms with Crippen LogP contribution in [-0.4, -0.2) is 26.2 Å². The van der Waals surface area contributed by atoms with Crippen LogP contribution in [0.15, 0.2) is 54.6 Å². The Balaban J connectivity index is 1.89. The lowest BCUT2D eigenvalue weighted by Crippen LogP contribution is -2.37. The van der Waals surface area contributed by atoms with Crippen molar-refractivity contribution >= 4 is 5.91 Å². The summed E-state index contributed by atoms with van der Waals surface area (Å²) < 4.78 is 10.9. The highest BCUT2D eigenvalue weighted by Gasteiger charge is 2.26. The Morgan fingerprint density at radius 3 is 2.46 bits per heavy atom. The Bertz CT molecular complexity index is 666. The SMILES string of the molecule is COc1ccccc1[C@H](NC(=O)C1CCOCC1)c1ccccc1. The van der Waals surface area contributed by atoms with Crippen molar-refractivity contribution in [3.63, 3.8) is 0 Å². The van der Waals surface area contributed by atoms with Crippen LogP contribution in [0.4, 0.5) is 0 Å². The highest BCUT2D eigenvalue weighted by Crippen LogP contribution is 2.30. The van der Waals surface area contributed by atoms with Gasteiger partial charge in [-0.3, -0.25) is 4.79 Å². The fraction of sp³-hybridized carbons (Fsp3) is 0.350. The summed E-state index contributed by atoms with van der Waals surface area (Å²) in [5.74, 6) is 0.872. The van der Waals surface area contributed by atoms with Crippen LogP contribution >= 0.6 is 0 Å². The smallest absolute Gasteiger partial charge is 0.224 e. The van der Waals surface area contributed by atoms with Gasteiger partial charge in [-0.15, -0.1) is 0 Å². The molecule has 2 aromatic carbocycles. The molecule has 0 aromatic heterocycles. The molecule has 2 aromatic rings. The molecule has 0 spiro atoms. The van der Waals surface area contributed by atoms with Crippen molar-refractivity contribution in [3.8, 4) is 5.75 Å². The monoisotopic (exact) mass is 325 g/mol. The molecule has 1 aliphatic heterocycles. The molecular formula is C20H23NO3. The third kappa shape index (κ3) is 3.77. The topological polar surface area (TPSA) is 47.6 Å². The number of carbonyl (C=O) groups excluding carboxylic acids is 1. The van der Waals surface area contributed by atoms with E-state index in [-0.39, 0.29) is 17.9 Å². The third-order valence-electron chi connectivity index (χ3n) is 4.46. The summed E-state index contributed by atoms with van der Waals surface area (Å²) in [5.41, 5.74) is 2.01. The van der Waals surface area contributed by atoms with Gasteiger partial charge in [0.1, 0.15) is 5.75 Å². The molecule has 1 heterocycles. The lowest BCUT2D eigenvalue weighted by Gasteiger charge is -2.26. The van der Waals surface area contributed by atoms with Crippen molar-refractivity contribution in [3.05, 3.63) is 65.7 Å². The summed E-state index contributed by atoms with van der Waals surface area (Å²) in [6, 6.07) is 17.6. The Morgan fingerprint density at radius 1 is 1.08 bits per heavy atom. The molecule has 4 heteroatoms. The van der Waals surface area contributed by atoms with Crippen LogP contribution in [0.5, 0.6) is 5.75 Å². The predicted octanol–water partition coefficient (Wildman–Crippen LogP) is 3.33. The molecule has 1 fully saturated rings. The molecule has 1 aliphatic rings. The number of amides is 1. The van der Waals surface area contributed by atoms with E-state index in [1.807, 2.05) is 54.6 Å². The first-order valence-electron chi connectivity index (χ1n) is 8.35. The number of methoxy groups -OCH3 is 1. The summed E-state index contributed by atoms with van der Waals surface area (Å²) in [4.78, 5) is 12.7. The van der Waals surface area contributed by atoms with E-state index < -0.39 is 0 Å². The maximum atomic E-state index is 12.7. The summed E-state index contributed by atoms with van der Waals surface area (Å²) in [5, 5.41) is 3.22. The number of hydrogen-bond donors (Lipinski definition) is 1. The van der Waals surface area contributed by atoms with Crippen molar-refractivity contribution in [2.24, 2.45) is 5.92 Å². The van der Waals surface area contributed by atoms with E-state index in [1.165, 1.54) is 0 Å². The number of ether oxygens (including phenoxy) is 2. The number of nitrogens with one attached hydrogen (secondary N) is 1. The standard InChI is InChI=1S/C20H23NO3/c1-23-18-10-6-5-9-17(18)19(15-7-3-2-4-8-15)21-20(22)16-11-13-24-14-12-16/h2-10,16,19H,11-14H2,1H3,(H,21,22)/t19-/m1/s1. The van der Waals surface area contributed by atoms with Gasteiger partial charge in [0.25, 0.3) is 0 Å². The number of carbonyl (C=O) groups is 1. The third-order valence-corrected chi connectivity index (χ3v) is 4.46. The summed E-state index contributed by atoms with van der Waals surface area (Å²) in [7, 11) is 1.65. The molecule has 126 valence electrons. The highest BCUT2D eigenvalue weighted by molar-refractivity contribution is 5.79. The molecular weight excluding hydrogens is 302 g/mol. The lowest BCUT2D eigenvalue weighted by molar-refractivity contribution is -0.128. The van der Waals surface area contributed by atoms with Gasteiger partial charge in [0.05, 0.1) is 13.2 Å². The van der Waals surface area contributed by atoms with Gasteiger partial charge in [-0.2, -0.15) is 0 Å². The maximum absolute atomic E-state index is 12.7. The zero-order chi connectivity index (χ0) is 16.8. The van der Waals surface area contributed by atoms with Crippen molar-refractivity contribution < 1.29 is 14.3 Å². The molecule has 1 amide bonds. The second-order valence-corrected chi connectivity index (χ2v) is 5.98. The average Bonchev–Trinajstić information content (AvgIpc) is 2.67. The second-order valence-electron chi connectivity index (χ2n) is 5.98. The first kappa shape index (κ1) is 16.5. The van der Waals surface area contributed by atoms with Crippen molar-refractivity contribution in [1.82, 2.24) is 5.32 Å². The molecule has 0 bridgehead atoms. The molecule has 0 aliphatic carbocycles. The number of hydrogen-bond acceptors (Lipinski definition) is 3. The normalized spacial score (nSPS) is 16.4. The van der Waals surface area contributed by atoms with Crippen LogP contribution in [0.2, 0.25) is 0 Å². The first-order valence-corrected chi connectivity index (χ1v) is 8.35. The summed E-state index contributed by atoms with van der Waals surface area (Å²) >= 11 is 0. The zero-order valence-corrected chi connectivity index (χ0v) is 13.9. The van der Waals surface area contributed by atoms with Crippen LogP contribution in [0, 0.1) is 5.92 Å². The minimum atomic E-state index is -0.224. The maximum Gasteiger partial charge on any atom is 0.224 e. The minimum Gasteiger partial charge on any atom is -0.496 e. The van der Waals surface area contributed by atoms with Gasteiger partial charge in [0.15, 0.2) is 0 Å². The molecule has 24 heavy (non-hydrogen) atoms. The van der Waals surface area contributed by atoms with E-state index in [2.05, 4.69) is 5.32 Å². The van der Waals surface area contributed by atoms with Crippen molar-refractivity contribution in [1.29, 1.82) is 0 Å². The molecule has 0 unspecified atom stereocenters. The second kappa shape index (κ2) is 7.97. The highest BCUT2D eigenvalue weighted by atomic mass is 16.5.